The first kappa shape index (κ1) is 17.1. The fourth-order valence-electron chi connectivity index (χ4n) is 1.45. The second-order valence-corrected chi connectivity index (χ2v) is 4.15. The van der Waals surface area contributed by atoms with Crippen molar-refractivity contribution in [3.05, 3.63) is 30.3 Å². The maximum atomic E-state index is 11.6. The first-order chi connectivity index (χ1) is 10.0. The number of esters is 1. The number of hydrogen-bond donors (Lipinski definition) is 5. The second kappa shape index (κ2) is 8.32. The summed E-state index contributed by atoms with van der Waals surface area (Å²) in [6.45, 7) is -0.779. The lowest BCUT2D eigenvalue weighted by Crippen LogP contribution is -2.46. The molecule has 3 atom stereocenters. The van der Waals surface area contributed by atoms with Gasteiger partial charge in [-0.05, 0) is 12.1 Å². The van der Waals surface area contributed by atoms with Crippen molar-refractivity contribution in [3.63, 3.8) is 0 Å². The third-order valence-electron chi connectivity index (χ3n) is 2.66. The first-order valence-electron chi connectivity index (χ1n) is 6.13. The van der Waals surface area contributed by atoms with Gasteiger partial charge in [0.1, 0.15) is 18.3 Å². The number of hydrogen-bond acceptors (Lipinski definition) is 8. The minimum atomic E-state index is -1.82. The molecular formula is C13H18N2O6. The molecule has 0 unspecified atom stereocenters. The number of carbonyl (C=O) groups is 1. The van der Waals surface area contributed by atoms with Crippen molar-refractivity contribution in [2.45, 2.75) is 18.3 Å². The van der Waals surface area contributed by atoms with Crippen LogP contribution in [0.3, 0.4) is 0 Å². The lowest BCUT2D eigenvalue weighted by atomic mass is 10.0. The maximum Gasteiger partial charge on any atom is 0.357 e. The molecule has 0 aliphatic carbocycles. The van der Waals surface area contributed by atoms with Gasteiger partial charge in [0.25, 0.3) is 0 Å². The average Bonchev–Trinajstić information content (AvgIpc) is 2.53. The van der Waals surface area contributed by atoms with Gasteiger partial charge in [-0.3, -0.25) is 5.43 Å². The number of nitrogens with one attached hydrogen (secondary N) is 1. The Morgan fingerprint density at radius 3 is 2.43 bits per heavy atom. The highest BCUT2D eigenvalue weighted by Gasteiger charge is 2.33. The summed E-state index contributed by atoms with van der Waals surface area (Å²) >= 11 is 0. The van der Waals surface area contributed by atoms with E-state index in [1.165, 1.54) is 0 Å². The number of carbonyl (C=O) groups excluding carboxylic acids is 1. The van der Waals surface area contributed by atoms with Gasteiger partial charge in [-0.2, -0.15) is 5.10 Å². The summed E-state index contributed by atoms with van der Waals surface area (Å²) in [5, 5.41) is 41.2. The SMILES string of the molecule is COC(=O)/C(=N\Nc1ccccc1)[C@@H](O)[C@@H](O)[C@H](O)CO. The molecule has 1 rings (SSSR count). The fraction of sp³-hybridized carbons (Fsp3) is 0.385. The van der Waals surface area contributed by atoms with Crippen molar-refractivity contribution in [1.82, 2.24) is 0 Å². The number of aliphatic hydroxyl groups is 4. The van der Waals surface area contributed by atoms with Gasteiger partial charge in [0.15, 0.2) is 5.71 Å². The predicted molar refractivity (Wildman–Crippen MR) is 74.6 cm³/mol. The smallest absolute Gasteiger partial charge is 0.357 e. The Hall–Kier alpha value is -2.00. The molecule has 0 aliphatic rings. The molecule has 8 heteroatoms. The van der Waals surface area contributed by atoms with E-state index in [4.69, 9.17) is 5.11 Å². The monoisotopic (exact) mass is 298 g/mol. The predicted octanol–water partition coefficient (Wildman–Crippen LogP) is -1.30. The molecule has 1 aromatic carbocycles. The number of anilines is 1. The van der Waals surface area contributed by atoms with Crippen LogP contribution in [0, 0.1) is 0 Å². The summed E-state index contributed by atoms with van der Waals surface area (Å²) in [5.74, 6) is -0.977. The molecular weight excluding hydrogens is 280 g/mol. The van der Waals surface area contributed by atoms with E-state index in [1.807, 2.05) is 0 Å². The van der Waals surface area contributed by atoms with E-state index < -0.39 is 36.6 Å². The summed E-state index contributed by atoms with van der Waals surface area (Å²) < 4.78 is 4.46. The lowest BCUT2D eigenvalue weighted by Gasteiger charge is -2.21. The Morgan fingerprint density at radius 1 is 1.29 bits per heavy atom. The quantitative estimate of drug-likeness (QED) is 0.240. The maximum absolute atomic E-state index is 11.6. The van der Waals surface area contributed by atoms with Crippen molar-refractivity contribution in [1.29, 1.82) is 0 Å². The van der Waals surface area contributed by atoms with Crippen LogP contribution < -0.4 is 5.43 Å². The molecule has 0 spiro atoms. The van der Waals surface area contributed by atoms with Gasteiger partial charge in [-0.15, -0.1) is 0 Å². The standard InChI is InChI=1S/C13H18N2O6/c1-21-13(20)10(12(19)11(18)9(17)7-16)15-14-8-5-3-2-4-6-8/h2-6,9,11-12,14,16-19H,7H2,1H3/b15-10-/t9-,11+,12-/m1/s1. The lowest BCUT2D eigenvalue weighted by molar-refractivity contribution is -0.134. The number of aliphatic hydroxyl groups excluding tert-OH is 4. The van der Waals surface area contributed by atoms with E-state index in [-0.39, 0.29) is 0 Å². The van der Waals surface area contributed by atoms with Crippen molar-refractivity contribution < 1.29 is 30.0 Å². The largest absolute Gasteiger partial charge is 0.464 e. The van der Waals surface area contributed by atoms with Gasteiger partial charge in [0.05, 0.1) is 19.4 Å². The molecule has 21 heavy (non-hydrogen) atoms. The molecule has 0 radical (unpaired) electrons. The van der Waals surface area contributed by atoms with Crippen molar-refractivity contribution in [2.24, 2.45) is 5.10 Å². The number of nitrogens with zero attached hydrogens (tertiary/aromatic N) is 1. The molecule has 116 valence electrons. The molecule has 0 saturated carbocycles. The molecule has 0 saturated heterocycles. The van der Waals surface area contributed by atoms with Crippen LogP contribution in [-0.2, 0) is 9.53 Å². The first-order valence-corrected chi connectivity index (χ1v) is 6.13. The molecule has 0 aromatic heterocycles. The van der Waals surface area contributed by atoms with Crippen LogP contribution in [0.1, 0.15) is 0 Å². The molecule has 5 N–H and O–H groups in total. The zero-order valence-electron chi connectivity index (χ0n) is 11.4. The Kier molecular flexibility index (Phi) is 6.76. The third kappa shape index (κ3) is 4.80. The van der Waals surface area contributed by atoms with Crippen molar-refractivity contribution >= 4 is 17.4 Å². The van der Waals surface area contributed by atoms with E-state index in [0.717, 1.165) is 7.11 Å². The van der Waals surface area contributed by atoms with Gasteiger partial charge in [-0.25, -0.2) is 4.79 Å². The molecule has 0 bridgehead atoms. The van der Waals surface area contributed by atoms with Gasteiger partial charge < -0.3 is 25.2 Å². The number of ether oxygens (including phenoxy) is 1. The third-order valence-corrected chi connectivity index (χ3v) is 2.66. The van der Waals surface area contributed by atoms with E-state index in [9.17, 15) is 20.1 Å². The highest BCUT2D eigenvalue weighted by Crippen LogP contribution is 2.08. The van der Waals surface area contributed by atoms with Crippen LogP contribution in [0.5, 0.6) is 0 Å². The summed E-state index contributed by atoms with van der Waals surface area (Å²) in [6, 6.07) is 8.59. The minimum Gasteiger partial charge on any atom is -0.464 e. The summed E-state index contributed by atoms with van der Waals surface area (Å²) in [5.41, 5.74) is 2.54. The van der Waals surface area contributed by atoms with E-state index in [0.29, 0.717) is 5.69 Å². The van der Waals surface area contributed by atoms with Crippen LogP contribution in [0.25, 0.3) is 0 Å². The van der Waals surface area contributed by atoms with Crippen LogP contribution in [0.15, 0.2) is 35.4 Å². The van der Waals surface area contributed by atoms with E-state index >= 15 is 0 Å². The fourth-order valence-corrected chi connectivity index (χ4v) is 1.45. The van der Waals surface area contributed by atoms with Gasteiger partial charge in [0, 0.05) is 0 Å². The van der Waals surface area contributed by atoms with Gasteiger partial charge >= 0.3 is 5.97 Å². The highest BCUT2D eigenvalue weighted by molar-refractivity contribution is 6.38. The number of rotatable bonds is 7. The number of hydrazone groups is 1. The van der Waals surface area contributed by atoms with Crippen LogP contribution in [0.2, 0.25) is 0 Å². The van der Waals surface area contributed by atoms with Crippen LogP contribution in [-0.4, -0.2) is 64.1 Å². The van der Waals surface area contributed by atoms with Gasteiger partial charge in [-0.1, -0.05) is 18.2 Å². The minimum absolute atomic E-state index is 0.527. The molecule has 8 nitrogen and oxygen atoms in total. The second-order valence-electron chi connectivity index (χ2n) is 4.15. The number of methoxy groups -OCH3 is 1. The Bertz CT molecular complexity index is 479. The zero-order valence-corrected chi connectivity index (χ0v) is 11.4. The summed E-state index contributed by atoms with van der Waals surface area (Å²) in [7, 11) is 1.09. The molecule has 0 heterocycles. The molecule has 0 aliphatic heterocycles. The van der Waals surface area contributed by atoms with Crippen molar-refractivity contribution in [3.8, 4) is 0 Å². The Morgan fingerprint density at radius 2 is 1.90 bits per heavy atom. The topological polar surface area (TPSA) is 132 Å². The van der Waals surface area contributed by atoms with Crippen molar-refractivity contribution in [2.75, 3.05) is 19.1 Å². The zero-order chi connectivity index (χ0) is 15.8. The number of para-hydroxylation sites is 1. The molecule has 0 amide bonds. The molecule has 0 fully saturated rings. The van der Waals surface area contributed by atoms with E-state index in [2.05, 4.69) is 15.3 Å². The Labute approximate surface area is 121 Å². The number of benzene rings is 1. The normalized spacial score (nSPS) is 16.0. The van der Waals surface area contributed by atoms with E-state index in [1.54, 1.807) is 30.3 Å². The molecule has 1 aromatic rings. The highest BCUT2D eigenvalue weighted by atomic mass is 16.5. The average molecular weight is 298 g/mol. The Balaban J connectivity index is 2.92. The van der Waals surface area contributed by atoms with Crippen LogP contribution >= 0.6 is 0 Å². The summed E-state index contributed by atoms with van der Waals surface area (Å²) in [4.78, 5) is 11.6. The van der Waals surface area contributed by atoms with Gasteiger partial charge in [0.2, 0.25) is 0 Å². The summed E-state index contributed by atoms with van der Waals surface area (Å²) in [6.07, 6.45) is -5.23. The van der Waals surface area contributed by atoms with Crippen LogP contribution in [0.4, 0.5) is 5.69 Å².